The number of imidazole rings is 1. The predicted molar refractivity (Wildman–Crippen MR) is 264 cm³/mol. The van der Waals surface area contributed by atoms with Crippen LogP contribution in [0.3, 0.4) is 0 Å². The molecule has 0 aliphatic rings. The van der Waals surface area contributed by atoms with Crippen molar-refractivity contribution in [3.05, 3.63) is 235 Å². The molecular weight excluding hydrogens is 988 g/mol. The van der Waals surface area contributed by atoms with E-state index in [2.05, 4.69) is 251 Å². The van der Waals surface area contributed by atoms with E-state index in [1.54, 1.807) is 0 Å². The zero-order chi connectivity index (χ0) is 44.9. The van der Waals surface area contributed by atoms with E-state index in [0.29, 0.717) is 11.5 Å². The van der Waals surface area contributed by atoms with Crippen LogP contribution < -0.4 is 9.30 Å². The van der Waals surface area contributed by atoms with Gasteiger partial charge in [-0.1, -0.05) is 175 Å². The van der Waals surface area contributed by atoms with Gasteiger partial charge in [-0.2, -0.15) is 12.1 Å². The molecule has 0 bridgehead atoms. The molecule has 66 heavy (non-hydrogen) atoms. The van der Waals surface area contributed by atoms with Crippen LogP contribution in [0.5, 0.6) is 11.5 Å². The Morgan fingerprint density at radius 2 is 1.18 bits per heavy atom. The molecule has 0 radical (unpaired) electrons. The van der Waals surface area contributed by atoms with Crippen molar-refractivity contribution < 1.29 is 30.4 Å². The maximum absolute atomic E-state index is 6.85. The Morgan fingerprint density at radius 3 is 1.89 bits per heavy atom. The number of nitrogens with zero attached hydrogens (tertiary/aromatic N) is 4. The maximum atomic E-state index is 6.85. The second-order valence-corrected chi connectivity index (χ2v) is 19.0. The monoisotopic (exact) mass is 1040 g/mol. The molecule has 0 aliphatic carbocycles. The molecule has 7 aromatic carbocycles. The number of pyridine rings is 1. The van der Waals surface area contributed by atoms with Gasteiger partial charge in [0, 0.05) is 61.3 Å². The zero-order valence-electron chi connectivity index (χ0n) is 38.4. The molecule has 0 aliphatic heterocycles. The molecule has 0 amide bonds. The first-order chi connectivity index (χ1) is 31.3. The smallest absolute Gasteiger partial charge is 0.267 e. The number of rotatable bonds is 10. The molecule has 0 saturated heterocycles. The first-order valence-electron chi connectivity index (χ1n) is 22.4. The molecular formula is C60H52N4OPt-2. The van der Waals surface area contributed by atoms with Crippen LogP contribution in [-0.4, -0.2) is 14.1 Å². The molecule has 5 nitrogen and oxygen atoms in total. The summed E-state index contributed by atoms with van der Waals surface area (Å²) in [5.74, 6) is 1.99. The summed E-state index contributed by atoms with van der Waals surface area (Å²) in [6.45, 7) is 15.8. The zero-order valence-corrected chi connectivity index (χ0v) is 40.7. The number of para-hydroxylation sites is 1. The summed E-state index contributed by atoms with van der Waals surface area (Å²) in [6.07, 6.45) is 7.88. The molecule has 0 fully saturated rings. The standard InChI is InChI=1S/C60H52N4O.Pt/c1-58(2,3)46-32-33-61-57(37-46)64-54-29-18-17-28-52(54)53-31-30-50(39-55(53)64)65-51-35-43(42-20-11-8-12-21-42)34-49(38-51)62-40-56(60(6,7)45-24-15-10-16-25-45)63(41-62)48-27-19-26-47(36-48)59(4,5)44-22-13-9-14-23-44;/h8-37,40H,1-7H3;/q-2;. The van der Waals surface area contributed by atoms with Gasteiger partial charge in [0.2, 0.25) is 0 Å². The van der Waals surface area contributed by atoms with Crippen LogP contribution in [0.4, 0.5) is 0 Å². The van der Waals surface area contributed by atoms with E-state index in [1.165, 1.54) is 22.3 Å². The maximum Gasteiger partial charge on any atom is 0.267 e. The van der Waals surface area contributed by atoms with E-state index in [0.717, 1.165) is 55.8 Å². The normalized spacial score (nSPS) is 12.0. The molecule has 10 rings (SSSR count). The van der Waals surface area contributed by atoms with Crippen molar-refractivity contribution in [2.24, 2.45) is 0 Å². The van der Waals surface area contributed by atoms with Gasteiger partial charge >= 0.3 is 0 Å². The van der Waals surface area contributed by atoms with Gasteiger partial charge in [-0.05, 0) is 74.6 Å². The van der Waals surface area contributed by atoms with Crippen LogP contribution in [0.2, 0.25) is 0 Å². The van der Waals surface area contributed by atoms with Gasteiger partial charge in [0.15, 0.2) is 0 Å². The Kier molecular flexibility index (Phi) is 11.8. The van der Waals surface area contributed by atoms with E-state index < -0.39 is 5.41 Å². The molecule has 0 saturated carbocycles. The minimum atomic E-state index is -0.394. The third-order valence-electron chi connectivity index (χ3n) is 13.0. The predicted octanol–water partition coefficient (Wildman–Crippen LogP) is 14.1. The Hall–Kier alpha value is -6.81. The SMILES string of the molecule is CC(C)(C)c1ccnc(-n2c3[c-]c(Oc4[c-]c(-n5[c-][n+](-c6cccc(C(C)(C)c7ccccc7)c6)c(C(C)(C)c6ccccc6)c5)cc(-c5ccccc5)c4)ccc3c3ccccc32)c1.[Pt]. The number of benzene rings is 7. The van der Waals surface area contributed by atoms with Crippen LogP contribution >= 0.6 is 0 Å². The number of fused-ring (bicyclic) bond motifs is 3. The minimum absolute atomic E-state index is 0. The van der Waals surface area contributed by atoms with Gasteiger partial charge in [0.05, 0.1) is 11.4 Å². The van der Waals surface area contributed by atoms with Crippen molar-refractivity contribution in [1.82, 2.24) is 14.1 Å². The van der Waals surface area contributed by atoms with E-state index in [1.807, 2.05) is 18.3 Å². The van der Waals surface area contributed by atoms with Crippen molar-refractivity contribution in [1.29, 1.82) is 0 Å². The van der Waals surface area contributed by atoms with Crippen molar-refractivity contribution in [3.63, 3.8) is 0 Å². The van der Waals surface area contributed by atoms with Crippen LogP contribution in [0.25, 0.3) is 50.1 Å². The molecule has 0 unspecified atom stereocenters. The number of hydrogen-bond donors (Lipinski definition) is 0. The summed E-state index contributed by atoms with van der Waals surface area (Å²) in [4.78, 5) is 4.89. The third kappa shape index (κ3) is 8.33. The Bertz CT molecular complexity index is 3320. The Labute approximate surface area is 403 Å². The van der Waals surface area contributed by atoms with E-state index in [-0.39, 0.29) is 31.9 Å². The summed E-state index contributed by atoms with van der Waals surface area (Å²) in [7, 11) is 0. The number of hydrogen-bond acceptors (Lipinski definition) is 2. The fourth-order valence-electron chi connectivity index (χ4n) is 9.00. The van der Waals surface area contributed by atoms with Crippen molar-refractivity contribution in [2.45, 2.75) is 64.7 Å². The molecule has 0 N–H and O–H groups in total. The molecule has 6 heteroatoms. The Morgan fingerprint density at radius 1 is 0.530 bits per heavy atom. The summed E-state index contributed by atoms with van der Waals surface area (Å²) in [6, 6.07) is 69.1. The average molecular weight is 1040 g/mol. The van der Waals surface area contributed by atoms with Crippen molar-refractivity contribution in [3.8, 4) is 39.8 Å². The van der Waals surface area contributed by atoms with Crippen LogP contribution in [0.15, 0.2) is 188 Å². The Balaban J connectivity index is 0.00000548. The van der Waals surface area contributed by atoms with Crippen molar-refractivity contribution >= 4 is 21.8 Å². The topological polar surface area (TPSA) is 35.9 Å². The fraction of sp³-hybridized carbons (Fsp3) is 0.167. The van der Waals surface area contributed by atoms with Gasteiger partial charge in [0.1, 0.15) is 5.82 Å². The second-order valence-electron chi connectivity index (χ2n) is 19.0. The molecule has 3 aromatic heterocycles. The summed E-state index contributed by atoms with van der Waals surface area (Å²) < 4.78 is 13.3. The van der Waals surface area contributed by atoms with Crippen LogP contribution in [-0.2, 0) is 37.3 Å². The second kappa shape index (κ2) is 17.5. The largest absolute Gasteiger partial charge is 0.510 e. The fourth-order valence-corrected chi connectivity index (χ4v) is 9.00. The first kappa shape index (κ1) is 44.4. The van der Waals surface area contributed by atoms with E-state index >= 15 is 0 Å². The summed E-state index contributed by atoms with van der Waals surface area (Å²) >= 11 is 0. The third-order valence-corrected chi connectivity index (χ3v) is 13.0. The quantitative estimate of drug-likeness (QED) is 0.101. The molecule has 330 valence electrons. The minimum Gasteiger partial charge on any atom is -0.510 e. The van der Waals surface area contributed by atoms with Crippen molar-refractivity contribution in [2.75, 3.05) is 0 Å². The molecule has 10 aromatic rings. The molecule has 3 heterocycles. The van der Waals surface area contributed by atoms with Gasteiger partial charge < -0.3 is 13.9 Å². The van der Waals surface area contributed by atoms with Gasteiger partial charge in [0.25, 0.3) is 6.33 Å². The molecule has 0 spiro atoms. The van der Waals surface area contributed by atoms with Gasteiger partial charge in [-0.3, -0.25) is 4.57 Å². The first-order valence-corrected chi connectivity index (χ1v) is 22.4. The van der Waals surface area contributed by atoms with Crippen LogP contribution in [0, 0.1) is 18.5 Å². The van der Waals surface area contributed by atoms with E-state index in [9.17, 15) is 0 Å². The van der Waals surface area contributed by atoms with Gasteiger partial charge in [-0.15, -0.1) is 35.2 Å². The van der Waals surface area contributed by atoms with Crippen LogP contribution in [0.1, 0.15) is 76.4 Å². The molecule has 0 atom stereocenters. The average Bonchev–Trinajstić information content (AvgIpc) is 3.93. The number of aromatic nitrogens is 4. The number of ether oxygens (including phenoxy) is 1. The van der Waals surface area contributed by atoms with E-state index in [4.69, 9.17) is 9.72 Å². The van der Waals surface area contributed by atoms with Gasteiger partial charge in [-0.25, -0.2) is 4.98 Å². The summed E-state index contributed by atoms with van der Waals surface area (Å²) in [5, 5.41) is 2.21. The summed E-state index contributed by atoms with van der Waals surface area (Å²) in [5.41, 5.74) is 11.2.